The Morgan fingerprint density at radius 2 is 2.11 bits per heavy atom. The van der Waals surface area contributed by atoms with E-state index in [1.165, 1.54) is 6.07 Å². The average Bonchev–Trinajstić information content (AvgIpc) is 2.29. The van der Waals surface area contributed by atoms with Gasteiger partial charge in [-0.3, -0.25) is 5.32 Å². The molecule has 1 aromatic carbocycles. The van der Waals surface area contributed by atoms with E-state index in [1.54, 1.807) is 0 Å². The van der Waals surface area contributed by atoms with Crippen LogP contribution in [-0.4, -0.2) is 25.8 Å². The lowest BCUT2D eigenvalue weighted by atomic mass is 10.1. The van der Waals surface area contributed by atoms with Crippen molar-refractivity contribution in [3.8, 4) is 0 Å². The van der Waals surface area contributed by atoms with Crippen molar-refractivity contribution in [2.24, 2.45) is 0 Å². The summed E-state index contributed by atoms with van der Waals surface area (Å²) in [5, 5.41) is 1.97. The second kappa shape index (κ2) is 6.21. The first kappa shape index (κ1) is 15.7. The lowest BCUT2D eigenvalue weighted by molar-refractivity contribution is -0.146. The van der Waals surface area contributed by atoms with Crippen molar-refractivity contribution < 1.29 is 27.1 Å². The number of hydrogen-bond acceptors (Lipinski definition) is 3. The molecule has 0 aliphatic rings. The molecule has 0 aliphatic heterocycles. The first-order valence-corrected chi connectivity index (χ1v) is 5.45. The topological polar surface area (TPSA) is 38.3 Å². The molecule has 8 heteroatoms. The fourth-order valence-electron chi connectivity index (χ4n) is 1.39. The van der Waals surface area contributed by atoms with Crippen LogP contribution in [0.1, 0.15) is 11.6 Å². The van der Waals surface area contributed by atoms with Crippen molar-refractivity contribution in [1.29, 1.82) is 0 Å². The van der Waals surface area contributed by atoms with E-state index in [0.29, 0.717) is 0 Å². The van der Waals surface area contributed by atoms with Crippen molar-refractivity contribution >= 4 is 17.6 Å². The number of nitrogens with one attached hydrogen (secondary N) is 1. The molecule has 0 radical (unpaired) electrons. The molecule has 106 valence electrons. The van der Waals surface area contributed by atoms with Crippen LogP contribution in [0.3, 0.4) is 0 Å². The van der Waals surface area contributed by atoms with Gasteiger partial charge in [-0.05, 0) is 12.1 Å². The number of alkyl halides is 3. The van der Waals surface area contributed by atoms with Gasteiger partial charge in [0, 0.05) is 10.6 Å². The highest BCUT2D eigenvalue weighted by Gasteiger charge is 2.32. The van der Waals surface area contributed by atoms with Crippen molar-refractivity contribution in [2.75, 3.05) is 13.7 Å². The first-order chi connectivity index (χ1) is 8.74. The molecule has 1 atom stereocenters. The third kappa shape index (κ3) is 4.68. The highest BCUT2D eigenvalue weighted by Crippen LogP contribution is 2.23. The summed E-state index contributed by atoms with van der Waals surface area (Å²) in [5.41, 5.74) is -0.263. The van der Waals surface area contributed by atoms with E-state index in [-0.39, 0.29) is 10.6 Å². The second-order valence-electron chi connectivity index (χ2n) is 3.62. The van der Waals surface area contributed by atoms with Gasteiger partial charge in [0.25, 0.3) is 0 Å². The molecular weight excluding hydrogens is 290 g/mol. The molecule has 19 heavy (non-hydrogen) atoms. The molecule has 1 unspecified atom stereocenters. The van der Waals surface area contributed by atoms with Gasteiger partial charge in [-0.1, -0.05) is 17.7 Å². The van der Waals surface area contributed by atoms with E-state index in [1.807, 2.05) is 5.32 Å². The lowest BCUT2D eigenvalue weighted by Gasteiger charge is -2.18. The summed E-state index contributed by atoms with van der Waals surface area (Å²) in [7, 11) is 0.998. The molecule has 0 amide bonds. The minimum Gasteiger partial charge on any atom is -0.468 e. The number of halogens is 5. The van der Waals surface area contributed by atoms with Crippen LogP contribution in [0.15, 0.2) is 18.2 Å². The number of benzene rings is 1. The molecule has 0 heterocycles. The van der Waals surface area contributed by atoms with Crippen molar-refractivity contribution in [3.05, 3.63) is 34.6 Å². The van der Waals surface area contributed by atoms with Gasteiger partial charge in [0.05, 0.1) is 13.7 Å². The van der Waals surface area contributed by atoms with E-state index in [4.69, 9.17) is 11.6 Å². The minimum atomic E-state index is -4.53. The van der Waals surface area contributed by atoms with Gasteiger partial charge in [0.1, 0.15) is 11.9 Å². The Bertz CT molecular complexity index is 464. The molecule has 0 spiro atoms. The van der Waals surface area contributed by atoms with E-state index >= 15 is 0 Å². The van der Waals surface area contributed by atoms with Gasteiger partial charge >= 0.3 is 12.1 Å². The molecule has 1 aromatic rings. The van der Waals surface area contributed by atoms with Crippen molar-refractivity contribution in [3.63, 3.8) is 0 Å². The number of methoxy groups -OCH3 is 1. The summed E-state index contributed by atoms with van der Waals surface area (Å²) in [4.78, 5) is 11.4. The summed E-state index contributed by atoms with van der Waals surface area (Å²) in [6, 6.07) is 1.75. The van der Waals surface area contributed by atoms with Gasteiger partial charge in [-0.2, -0.15) is 13.2 Å². The Hall–Kier alpha value is -1.34. The second-order valence-corrected chi connectivity index (χ2v) is 4.05. The molecular formula is C11H10ClF4NO2. The van der Waals surface area contributed by atoms with Crippen LogP contribution in [0.2, 0.25) is 5.02 Å². The SMILES string of the molecule is COC(=O)C(NCC(F)(F)F)c1ccc(Cl)cc1F. The summed E-state index contributed by atoms with van der Waals surface area (Å²) in [5.74, 6) is -1.91. The number of esters is 1. The molecule has 0 bridgehead atoms. The minimum absolute atomic E-state index is 0.0701. The van der Waals surface area contributed by atoms with Gasteiger partial charge in [-0.15, -0.1) is 0 Å². The zero-order chi connectivity index (χ0) is 14.6. The fourth-order valence-corrected chi connectivity index (χ4v) is 1.55. The molecule has 0 fully saturated rings. The fraction of sp³-hybridized carbons (Fsp3) is 0.364. The number of carbonyl (C=O) groups excluding carboxylic acids is 1. The molecule has 1 N–H and O–H groups in total. The summed E-state index contributed by atoms with van der Waals surface area (Å²) in [6.45, 7) is -1.45. The maximum Gasteiger partial charge on any atom is 0.401 e. The van der Waals surface area contributed by atoms with Crippen molar-refractivity contribution in [1.82, 2.24) is 5.32 Å². The zero-order valence-corrected chi connectivity index (χ0v) is 10.5. The van der Waals surface area contributed by atoms with Crippen molar-refractivity contribution in [2.45, 2.75) is 12.2 Å². The zero-order valence-electron chi connectivity index (χ0n) is 9.72. The summed E-state index contributed by atoms with van der Waals surface area (Å²) < 4.78 is 54.4. The molecule has 3 nitrogen and oxygen atoms in total. The monoisotopic (exact) mass is 299 g/mol. The van der Waals surface area contributed by atoms with E-state index in [2.05, 4.69) is 4.74 Å². The van der Waals surface area contributed by atoms with Crippen LogP contribution >= 0.6 is 11.6 Å². The van der Waals surface area contributed by atoms with Crippen LogP contribution in [0.4, 0.5) is 17.6 Å². The van der Waals surface area contributed by atoms with E-state index < -0.39 is 30.5 Å². The standard InChI is InChI=1S/C11H10ClF4NO2/c1-19-10(18)9(17-5-11(14,15)16)7-3-2-6(12)4-8(7)13/h2-4,9,17H,5H2,1H3. The Balaban J connectivity index is 3.00. The third-order valence-corrected chi connectivity index (χ3v) is 2.45. The quantitative estimate of drug-likeness (QED) is 0.686. The highest BCUT2D eigenvalue weighted by molar-refractivity contribution is 6.30. The van der Waals surface area contributed by atoms with Crippen LogP contribution in [-0.2, 0) is 9.53 Å². The van der Waals surface area contributed by atoms with Gasteiger partial charge in [-0.25, -0.2) is 9.18 Å². The first-order valence-electron chi connectivity index (χ1n) is 5.07. The maximum atomic E-state index is 13.6. The molecule has 0 saturated heterocycles. The lowest BCUT2D eigenvalue weighted by Crippen LogP contribution is -2.37. The molecule has 0 aromatic heterocycles. The Kier molecular flexibility index (Phi) is 5.13. The average molecular weight is 300 g/mol. The van der Waals surface area contributed by atoms with Gasteiger partial charge in [0.2, 0.25) is 0 Å². The van der Waals surface area contributed by atoms with Crippen LogP contribution in [0.5, 0.6) is 0 Å². The molecule has 1 rings (SSSR count). The van der Waals surface area contributed by atoms with Gasteiger partial charge in [0.15, 0.2) is 0 Å². The van der Waals surface area contributed by atoms with Crippen LogP contribution < -0.4 is 5.32 Å². The predicted octanol–water partition coefficient (Wildman–Crippen LogP) is 2.85. The number of carbonyl (C=O) groups is 1. The van der Waals surface area contributed by atoms with Crippen LogP contribution in [0, 0.1) is 5.82 Å². The largest absolute Gasteiger partial charge is 0.468 e. The summed E-state index contributed by atoms with van der Waals surface area (Å²) in [6.07, 6.45) is -4.53. The van der Waals surface area contributed by atoms with E-state index in [0.717, 1.165) is 19.2 Å². The Labute approximate surface area is 111 Å². The Morgan fingerprint density at radius 3 is 2.58 bits per heavy atom. The highest BCUT2D eigenvalue weighted by atomic mass is 35.5. The van der Waals surface area contributed by atoms with Crippen LogP contribution in [0.25, 0.3) is 0 Å². The molecule has 0 saturated carbocycles. The smallest absolute Gasteiger partial charge is 0.401 e. The maximum absolute atomic E-state index is 13.6. The van der Waals surface area contributed by atoms with Gasteiger partial charge < -0.3 is 4.74 Å². The third-order valence-electron chi connectivity index (χ3n) is 2.22. The summed E-state index contributed by atoms with van der Waals surface area (Å²) >= 11 is 5.53. The number of ether oxygens (including phenoxy) is 1. The molecule has 0 aliphatic carbocycles. The van der Waals surface area contributed by atoms with E-state index in [9.17, 15) is 22.4 Å². The normalized spacial score (nSPS) is 13.2. The number of rotatable bonds is 4. The predicted molar refractivity (Wildman–Crippen MR) is 60.2 cm³/mol. The number of hydrogen-bond donors (Lipinski definition) is 1. The Morgan fingerprint density at radius 1 is 1.47 bits per heavy atom.